The van der Waals surface area contributed by atoms with Crippen molar-refractivity contribution in [2.45, 2.75) is 51.8 Å². The normalized spacial score (nSPS) is 12.2. The molecule has 0 saturated heterocycles. The van der Waals surface area contributed by atoms with Gasteiger partial charge in [0.15, 0.2) is 0 Å². The number of alkyl carbamates (subject to hydrolysis) is 1. The first-order chi connectivity index (χ1) is 16.5. The second kappa shape index (κ2) is 13.9. The molecule has 0 spiro atoms. The van der Waals surface area contributed by atoms with Gasteiger partial charge in [-0.15, -0.1) is 6.42 Å². The third-order valence-corrected chi connectivity index (χ3v) is 4.75. The highest BCUT2D eigenvalue weighted by atomic mass is 32.1. The first kappa shape index (κ1) is 29.4. The number of esters is 1. The largest absolute Gasteiger partial charge is 0.466 e. The smallest absolute Gasteiger partial charge is 0.408 e. The summed E-state index contributed by atoms with van der Waals surface area (Å²) in [7, 11) is 0. The van der Waals surface area contributed by atoms with Gasteiger partial charge in [0.2, 0.25) is 5.91 Å². The Hall–Kier alpha value is -3.63. The number of carbonyl (C=O) groups excluding carboxylic acids is 4. The molecule has 0 saturated carbocycles. The van der Waals surface area contributed by atoms with Crippen LogP contribution in [0.3, 0.4) is 0 Å². The Labute approximate surface area is 211 Å². The van der Waals surface area contributed by atoms with Crippen LogP contribution in [0.4, 0.5) is 4.79 Å². The first-order valence-corrected chi connectivity index (χ1v) is 11.5. The molecular formula is C25H31N3O6S. The summed E-state index contributed by atoms with van der Waals surface area (Å²) < 4.78 is 10.1. The third kappa shape index (κ3) is 9.63. The van der Waals surface area contributed by atoms with Gasteiger partial charge in [-0.25, -0.2) is 4.79 Å². The highest BCUT2D eigenvalue weighted by molar-refractivity contribution is 7.80. The molecule has 2 N–H and O–H groups in total. The van der Waals surface area contributed by atoms with E-state index in [-0.39, 0.29) is 25.3 Å². The predicted octanol–water partition coefficient (Wildman–Crippen LogP) is 2.02. The molecule has 0 bridgehead atoms. The Morgan fingerprint density at radius 2 is 1.77 bits per heavy atom. The summed E-state index contributed by atoms with van der Waals surface area (Å²) in [6.07, 6.45) is 10.2. The van der Waals surface area contributed by atoms with Gasteiger partial charge in [-0.1, -0.05) is 24.5 Å². The van der Waals surface area contributed by atoms with Gasteiger partial charge >= 0.3 is 12.1 Å². The van der Waals surface area contributed by atoms with Crippen LogP contribution in [0, 0.1) is 24.8 Å². The SMILES string of the molecule is C#Cc1ccc(C(C(=O)NCCC(=O)OCC)N(C#C)C(=O)C(CS)NC(=O)OC(C)(C)C)cc1. The molecule has 0 aliphatic carbocycles. The molecule has 0 aliphatic rings. The molecule has 3 amide bonds. The summed E-state index contributed by atoms with van der Waals surface area (Å²) in [5.74, 6) is 0.495. The molecule has 1 aromatic carbocycles. The summed E-state index contributed by atoms with van der Waals surface area (Å²) in [6.45, 7) is 6.88. The fraction of sp³-hybridized carbons (Fsp3) is 0.440. The first-order valence-electron chi connectivity index (χ1n) is 10.9. The van der Waals surface area contributed by atoms with E-state index in [1.54, 1.807) is 52.0 Å². The topological polar surface area (TPSA) is 114 Å². The number of terminal acetylenes is 2. The molecule has 1 rings (SSSR count). The molecular weight excluding hydrogens is 470 g/mol. The van der Waals surface area contributed by atoms with E-state index in [0.29, 0.717) is 11.1 Å². The minimum atomic E-state index is -1.27. The van der Waals surface area contributed by atoms with Crippen molar-refractivity contribution >= 4 is 36.5 Å². The van der Waals surface area contributed by atoms with E-state index in [9.17, 15) is 19.2 Å². The van der Waals surface area contributed by atoms with Gasteiger partial charge in [0.1, 0.15) is 17.7 Å². The van der Waals surface area contributed by atoms with Gasteiger partial charge in [0, 0.05) is 23.9 Å². The van der Waals surface area contributed by atoms with Gasteiger partial charge in [0.05, 0.1) is 13.0 Å². The van der Waals surface area contributed by atoms with Crippen molar-refractivity contribution in [3.8, 4) is 24.8 Å². The minimum Gasteiger partial charge on any atom is -0.466 e. The van der Waals surface area contributed by atoms with E-state index in [4.69, 9.17) is 22.3 Å². The summed E-state index contributed by atoms with van der Waals surface area (Å²) in [4.78, 5) is 51.1. The third-order valence-electron chi connectivity index (χ3n) is 4.38. The maximum atomic E-state index is 13.3. The highest BCUT2D eigenvalue weighted by Gasteiger charge is 2.35. The van der Waals surface area contributed by atoms with Crippen molar-refractivity contribution in [3.63, 3.8) is 0 Å². The van der Waals surface area contributed by atoms with Crippen LogP contribution in [0.5, 0.6) is 0 Å². The molecule has 10 heteroatoms. The number of hydrogen-bond donors (Lipinski definition) is 3. The zero-order valence-electron chi connectivity index (χ0n) is 20.3. The quantitative estimate of drug-likeness (QED) is 0.196. The Bertz CT molecular complexity index is 988. The summed E-state index contributed by atoms with van der Waals surface area (Å²) in [5, 5.41) is 5.03. The van der Waals surface area contributed by atoms with Crippen molar-refractivity contribution in [3.05, 3.63) is 35.4 Å². The molecule has 35 heavy (non-hydrogen) atoms. The van der Waals surface area contributed by atoms with Crippen LogP contribution in [0.2, 0.25) is 0 Å². The maximum absolute atomic E-state index is 13.3. The fourth-order valence-corrected chi connectivity index (χ4v) is 3.11. The van der Waals surface area contributed by atoms with Crippen LogP contribution in [-0.4, -0.2) is 59.3 Å². The predicted molar refractivity (Wildman–Crippen MR) is 134 cm³/mol. The highest BCUT2D eigenvalue weighted by Crippen LogP contribution is 2.23. The molecule has 0 aliphatic heterocycles. The number of amides is 3. The number of rotatable bonds is 10. The van der Waals surface area contributed by atoms with E-state index in [0.717, 1.165) is 4.90 Å². The van der Waals surface area contributed by atoms with Crippen molar-refractivity contribution < 1.29 is 28.7 Å². The number of nitrogens with zero attached hydrogens (tertiary/aromatic N) is 1. The Morgan fingerprint density at radius 3 is 2.26 bits per heavy atom. The molecule has 188 valence electrons. The number of ether oxygens (including phenoxy) is 2. The lowest BCUT2D eigenvalue weighted by atomic mass is 10.0. The molecule has 0 heterocycles. The Morgan fingerprint density at radius 1 is 1.14 bits per heavy atom. The van der Waals surface area contributed by atoms with Crippen LogP contribution in [0.15, 0.2) is 24.3 Å². The summed E-state index contributed by atoms with van der Waals surface area (Å²) in [6, 6.07) is 6.12. The van der Waals surface area contributed by atoms with E-state index in [1.807, 2.05) is 0 Å². The van der Waals surface area contributed by atoms with Crippen molar-refractivity contribution in [2.75, 3.05) is 18.9 Å². The van der Waals surface area contributed by atoms with Gasteiger partial charge in [-0.3, -0.25) is 19.3 Å². The van der Waals surface area contributed by atoms with Crippen molar-refractivity contribution in [1.82, 2.24) is 15.5 Å². The zero-order valence-corrected chi connectivity index (χ0v) is 21.2. The lowest BCUT2D eigenvalue weighted by molar-refractivity contribution is -0.143. The maximum Gasteiger partial charge on any atom is 0.408 e. The zero-order chi connectivity index (χ0) is 26.6. The molecule has 0 fully saturated rings. The van der Waals surface area contributed by atoms with Crippen LogP contribution in [-0.2, 0) is 23.9 Å². The standard InChI is InChI=1S/C25H31N3O6S/c1-7-17-10-12-18(13-11-17)21(22(30)26-15-14-20(29)33-9-3)28(8-2)23(31)19(16-35)27-24(32)34-25(4,5)6/h1-2,10-13,19,21,35H,9,14-16H2,3-6H3,(H,26,30)(H,27,32). The lowest BCUT2D eigenvalue weighted by Crippen LogP contribution is -2.52. The van der Waals surface area contributed by atoms with E-state index < -0.39 is 41.6 Å². The summed E-state index contributed by atoms with van der Waals surface area (Å²) in [5.41, 5.74) is 0.146. The van der Waals surface area contributed by atoms with Gasteiger partial charge < -0.3 is 20.1 Å². The fourth-order valence-electron chi connectivity index (χ4n) is 2.87. The number of carbonyl (C=O) groups is 4. The summed E-state index contributed by atoms with van der Waals surface area (Å²) >= 11 is 4.15. The molecule has 9 nitrogen and oxygen atoms in total. The monoisotopic (exact) mass is 501 g/mol. The van der Waals surface area contributed by atoms with Crippen LogP contribution in [0.1, 0.15) is 51.3 Å². The number of hydrogen-bond acceptors (Lipinski definition) is 7. The number of thiol groups is 1. The van der Waals surface area contributed by atoms with Crippen molar-refractivity contribution in [2.24, 2.45) is 0 Å². The average Bonchev–Trinajstić information content (AvgIpc) is 2.79. The van der Waals surface area contributed by atoms with Gasteiger partial charge in [-0.05, 0) is 45.4 Å². The molecule has 0 radical (unpaired) electrons. The minimum absolute atomic E-state index is 0.0324. The number of nitrogens with one attached hydrogen (secondary N) is 2. The van der Waals surface area contributed by atoms with Crippen LogP contribution in [0.25, 0.3) is 0 Å². The second-order valence-corrected chi connectivity index (χ2v) is 8.60. The van der Waals surface area contributed by atoms with Crippen LogP contribution >= 0.6 is 12.6 Å². The lowest BCUT2D eigenvalue weighted by Gasteiger charge is -2.30. The van der Waals surface area contributed by atoms with Gasteiger partial charge in [0.25, 0.3) is 5.91 Å². The molecule has 2 unspecified atom stereocenters. The van der Waals surface area contributed by atoms with E-state index in [2.05, 4.69) is 35.2 Å². The molecule has 2 atom stereocenters. The van der Waals surface area contributed by atoms with Crippen LogP contribution < -0.4 is 10.6 Å². The van der Waals surface area contributed by atoms with Gasteiger partial charge in [-0.2, -0.15) is 12.6 Å². The molecule has 0 aromatic heterocycles. The Kier molecular flexibility index (Phi) is 11.7. The van der Waals surface area contributed by atoms with Crippen molar-refractivity contribution in [1.29, 1.82) is 0 Å². The average molecular weight is 502 g/mol. The second-order valence-electron chi connectivity index (χ2n) is 8.23. The van der Waals surface area contributed by atoms with E-state index in [1.165, 1.54) is 0 Å². The molecule has 1 aromatic rings. The number of benzene rings is 1. The Balaban J connectivity index is 3.21. The van der Waals surface area contributed by atoms with E-state index >= 15 is 0 Å².